The van der Waals surface area contributed by atoms with E-state index in [1.165, 1.54) is 36.3 Å². The van der Waals surface area contributed by atoms with Crippen LogP contribution in [0.4, 0.5) is 5.82 Å². The predicted molar refractivity (Wildman–Crippen MR) is 94.9 cm³/mol. The highest BCUT2D eigenvalue weighted by atomic mass is 15.3. The Morgan fingerprint density at radius 1 is 1.17 bits per heavy atom. The van der Waals surface area contributed by atoms with Gasteiger partial charge in [0.2, 0.25) is 0 Å². The zero-order valence-corrected chi connectivity index (χ0v) is 14.4. The van der Waals surface area contributed by atoms with Crippen LogP contribution in [0, 0.1) is 17.8 Å². The maximum atomic E-state index is 4.46. The summed E-state index contributed by atoms with van der Waals surface area (Å²) in [5.74, 6) is 3.57. The van der Waals surface area contributed by atoms with E-state index < -0.39 is 0 Å². The number of rotatable bonds is 2. The first kappa shape index (κ1) is 14.8. The fourth-order valence-electron chi connectivity index (χ4n) is 5.00. The predicted octanol–water partition coefficient (Wildman–Crippen LogP) is 4.65. The summed E-state index contributed by atoms with van der Waals surface area (Å²) in [5, 5.41) is 0. The van der Waals surface area contributed by atoms with Crippen LogP contribution in [0.15, 0.2) is 36.8 Å². The second kappa shape index (κ2) is 5.70. The van der Waals surface area contributed by atoms with Gasteiger partial charge in [-0.15, -0.1) is 0 Å². The summed E-state index contributed by atoms with van der Waals surface area (Å²) in [5.41, 5.74) is 2.71. The smallest absolute Gasteiger partial charge is 0.133 e. The van der Waals surface area contributed by atoms with E-state index in [-0.39, 0.29) is 0 Å². The fraction of sp³-hybridized carbons (Fsp3) is 0.550. The summed E-state index contributed by atoms with van der Waals surface area (Å²) >= 11 is 0. The van der Waals surface area contributed by atoms with Crippen LogP contribution in [0.5, 0.6) is 0 Å². The number of benzene rings is 1. The van der Waals surface area contributed by atoms with Gasteiger partial charge in [-0.2, -0.15) is 0 Å². The zero-order valence-electron chi connectivity index (χ0n) is 14.4. The molecule has 3 atom stereocenters. The second-order valence-corrected chi connectivity index (χ2v) is 7.68. The van der Waals surface area contributed by atoms with E-state index in [0.29, 0.717) is 6.04 Å². The van der Waals surface area contributed by atoms with Crippen molar-refractivity contribution >= 4 is 5.82 Å². The average molecular weight is 309 g/mol. The molecule has 1 saturated carbocycles. The summed E-state index contributed by atoms with van der Waals surface area (Å²) in [6.07, 6.45) is 8.05. The second-order valence-electron chi connectivity index (χ2n) is 7.68. The average Bonchev–Trinajstić information content (AvgIpc) is 3.03. The van der Waals surface area contributed by atoms with Crippen molar-refractivity contribution in [1.29, 1.82) is 0 Å². The van der Waals surface area contributed by atoms with E-state index in [1.807, 2.05) is 12.5 Å². The molecule has 0 saturated heterocycles. The number of para-hydroxylation sites is 1. The molecule has 1 aromatic carbocycles. The third-order valence-corrected chi connectivity index (χ3v) is 5.94. The molecule has 1 aliphatic carbocycles. The molecule has 23 heavy (non-hydrogen) atoms. The third-order valence-electron chi connectivity index (χ3n) is 5.94. The lowest BCUT2D eigenvalue weighted by atomic mass is 9.70. The van der Waals surface area contributed by atoms with E-state index in [0.717, 1.165) is 24.3 Å². The van der Waals surface area contributed by atoms with Crippen LogP contribution in [0.2, 0.25) is 0 Å². The number of nitrogens with zero attached hydrogens (tertiary/aromatic N) is 3. The fourth-order valence-corrected chi connectivity index (χ4v) is 5.00. The van der Waals surface area contributed by atoms with Crippen molar-refractivity contribution in [2.45, 2.75) is 52.6 Å². The molecule has 0 radical (unpaired) electrons. The number of anilines is 1. The van der Waals surface area contributed by atoms with Crippen molar-refractivity contribution in [2.24, 2.45) is 17.8 Å². The van der Waals surface area contributed by atoms with Gasteiger partial charge in [0.15, 0.2) is 0 Å². The Hall–Kier alpha value is -1.77. The van der Waals surface area contributed by atoms with Gasteiger partial charge in [0.25, 0.3) is 0 Å². The van der Waals surface area contributed by atoms with Gasteiger partial charge in [0, 0.05) is 12.6 Å². The molecule has 3 heteroatoms. The molecule has 1 aliphatic heterocycles. The lowest BCUT2D eigenvalue weighted by Gasteiger charge is -2.47. The van der Waals surface area contributed by atoms with Crippen LogP contribution in [-0.2, 0) is 6.54 Å². The van der Waals surface area contributed by atoms with Gasteiger partial charge in [-0.3, -0.25) is 4.57 Å². The van der Waals surface area contributed by atoms with E-state index in [9.17, 15) is 0 Å². The monoisotopic (exact) mass is 309 g/mol. The van der Waals surface area contributed by atoms with Crippen molar-refractivity contribution in [3.8, 4) is 5.69 Å². The quantitative estimate of drug-likeness (QED) is 0.805. The summed E-state index contributed by atoms with van der Waals surface area (Å²) < 4.78 is 2.27. The molecule has 0 bridgehead atoms. The van der Waals surface area contributed by atoms with Crippen molar-refractivity contribution in [2.75, 3.05) is 4.90 Å². The van der Waals surface area contributed by atoms with Crippen molar-refractivity contribution in [3.05, 3.63) is 42.4 Å². The number of aromatic nitrogens is 2. The molecule has 1 fully saturated rings. The van der Waals surface area contributed by atoms with Crippen molar-refractivity contribution in [3.63, 3.8) is 0 Å². The molecule has 0 amide bonds. The van der Waals surface area contributed by atoms with E-state index >= 15 is 0 Å². The first-order valence-electron chi connectivity index (χ1n) is 9.04. The number of imidazole rings is 1. The Kier molecular flexibility index (Phi) is 3.67. The SMILES string of the molecule is CC(C)C1C(C)CCCC1N1Cc2ccccc2-n2cncc21. The van der Waals surface area contributed by atoms with E-state index in [4.69, 9.17) is 0 Å². The molecule has 4 rings (SSSR count). The summed E-state index contributed by atoms with van der Waals surface area (Å²) in [6.45, 7) is 8.26. The highest BCUT2D eigenvalue weighted by molar-refractivity contribution is 5.57. The lowest BCUT2D eigenvalue weighted by molar-refractivity contribution is 0.157. The van der Waals surface area contributed by atoms with Crippen LogP contribution in [-0.4, -0.2) is 15.6 Å². The topological polar surface area (TPSA) is 21.1 Å². The number of fused-ring (bicyclic) bond motifs is 3. The third kappa shape index (κ3) is 2.37. The molecule has 0 spiro atoms. The maximum absolute atomic E-state index is 4.46. The summed E-state index contributed by atoms with van der Waals surface area (Å²) in [7, 11) is 0. The number of hydrogen-bond acceptors (Lipinski definition) is 2. The Morgan fingerprint density at radius 3 is 2.83 bits per heavy atom. The van der Waals surface area contributed by atoms with Crippen molar-refractivity contribution in [1.82, 2.24) is 9.55 Å². The van der Waals surface area contributed by atoms with Crippen LogP contribution >= 0.6 is 0 Å². The van der Waals surface area contributed by atoms with E-state index in [2.05, 4.69) is 59.5 Å². The van der Waals surface area contributed by atoms with Crippen LogP contribution < -0.4 is 4.90 Å². The first-order valence-corrected chi connectivity index (χ1v) is 9.04. The van der Waals surface area contributed by atoms with Gasteiger partial charge < -0.3 is 4.90 Å². The largest absolute Gasteiger partial charge is 0.349 e. The van der Waals surface area contributed by atoms with Crippen LogP contribution in [0.1, 0.15) is 45.6 Å². The summed E-state index contributed by atoms with van der Waals surface area (Å²) in [6, 6.07) is 9.38. The molecule has 2 aromatic rings. The molecule has 3 nitrogen and oxygen atoms in total. The standard InChI is InChI=1S/C20H27N3/c1-14(2)20-15(3)7-6-10-18(20)22-12-16-8-4-5-9-17(16)23-13-21-11-19(22)23/h4-5,8-9,11,13-15,18,20H,6-7,10,12H2,1-3H3. The van der Waals surface area contributed by atoms with Gasteiger partial charge >= 0.3 is 0 Å². The highest BCUT2D eigenvalue weighted by Gasteiger charge is 2.38. The highest BCUT2D eigenvalue weighted by Crippen LogP contribution is 2.42. The molecule has 2 heterocycles. The van der Waals surface area contributed by atoms with Gasteiger partial charge in [0.05, 0.1) is 11.9 Å². The molecular formula is C20H27N3. The normalized spacial score (nSPS) is 27.0. The maximum Gasteiger partial charge on any atom is 0.133 e. The first-order chi connectivity index (χ1) is 11.2. The van der Waals surface area contributed by atoms with Gasteiger partial charge in [-0.1, -0.05) is 51.8 Å². The molecule has 2 aliphatic rings. The summed E-state index contributed by atoms with van der Waals surface area (Å²) in [4.78, 5) is 7.09. The minimum Gasteiger partial charge on any atom is -0.349 e. The number of hydrogen-bond donors (Lipinski definition) is 0. The molecule has 122 valence electrons. The molecule has 0 N–H and O–H groups in total. The minimum absolute atomic E-state index is 0.627. The van der Waals surface area contributed by atoms with Gasteiger partial charge in [-0.25, -0.2) is 4.98 Å². The lowest BCUT2D eigenvalue weighted by Crippen LogP contribution is -2.48. The Morgan fingerprint density at radius 2 is 2.00 bits per heavy atom. The van der Waals surface area contributed by atoms with Crippen LogP contribution in [0.3, 0.4) is 0 Å². The Labute approximate surface area is 139 Å². The Balaban J connectivity index is 1.75. The Bertz CT molecular complexity index is 688. The molecule has 1 aromatic heterocycles. The molecular weight excluding hydrogens is 282 g/mol. The molecule has 3 unspecified atom stereocenters. The minimum atomic E-state index is 0.627. The van der Waals surface area contributed by atoms with Gasteiger partial charge in [-0.05, 0) is 35.8 Å². The van der Waals surface area contributed by atoms with Crippen LogP contribution in [0.25, 0.3) is 5.69 Å². The van der Waals surface area contributed by atoms with E-state index in [1.54, 1.807) is 0 Å². The van der Waals surface area contributed by atoms with Crippen molar-refractivity contribution < 1.29 is 0 Å². The van der Waals surface area contributed by atoms with Gasteiger partial charge in [0.1, 0.15) is 12.1 Å². The zero-order chi connectivity index (χ0) is 16.0.